The lowest BCUT2D eigenvalue weighted by Gasteiger charge is -2.30. The molecular weight excluding hydrogens is 221 g/mol. The van der Waals surface area contributed by atoms with E-state index in [0.29, 0.717) is 5.56 Å². The SMILES string of the molecule is CC(c1ccc(F)cc1CO)C(C)(C)C(N)=O. The summed E-state index contributed by atoms with van der Waals surface area (Å²) < 4.78 is 13.0. The highest BCUT2D eigenvalue weighted by Crippen LogP contribution is 2.36. The average molecular weight is 239 g/mol. The lowest BCUT2D eigenvalue weighted by Crippen LogP contribution is -2.36. The molecular formula is C13H18FNO2. The molecule has 94 valence electrons. The van der Waals surface area contributed by atoms with Crippen molar-refractivity contribution < 1.29 is 14.3 Å². The van der Waals surface area contributed by atoms with E-state index in [1.54, 1.807) is 19.9 Å². The topological polar surface area (TPSA) is 63.3 Å². The molecule has 0 aliphatic heterocycles. The summed E-state index contributed by atoms with van der Waals surface area (Å²) in [4.78, 5) is 11.4. The monoisotopic (exact) mass is 239 g/mol. The van der Waals surface area contributed by atoms with Gasteiger partial charge >= 0.3 is 0 Å². The molecule has 0 spiro atoms. The Bertz CT molecular complexity index is 429. The highest BCUT2D eigenvalue weighted by molar-refractivity contribution is 5.81. The average Bonchev–Trinajstić information content (AvgIpc) is 2.27. The van der Waals surface area contributed by atoms with Crippen LogP contribution in [-0.4, -0.2) is 11.0 Å². The minimum absolute atomic E-state index is 0.192. The Morgan fingerprint density at radius 2 is 2.12 bits per heavy atom. The van der Waals surface area contributed by atoms with Gasteiger partial charge in [-0.1, -0.05) is 26.8 Å². The summed E-state index contributed by atoms with van der Waals surface area (Å²) in [5.74, 6) is -1.01. The molecule has 4 heteroatoms. The number of carbonyl (C=O) groups excluding carboxylic acids is 1. The maximum atomic E-state index is 13.0. The molecule has 3 N–H and O–H groups in total. The van der Waals surface area contributed by atoms with E-state index in [1.165, 1.54) is 12.1 Å². The van der Waals surface area contributed by atoms with Gasteiger partial charge in [-0.2, -0.15) is 0 Å². The maximum Gasteiger partial charge on any atom is 0.223 e. The molecule has 1 rings (SSSR count). The predicted molar refractivity (Wildman–Crippen MR) is 63.7 cm³/mol. The van der Waals surface area contributed by atoms with Crippen LogP contribution < -0.4 is 5.73 Å². The number of rotatable bonds is 4. The first kappa shape index (κ1) is 13.6. The molecule has 0 aliphatic rings. The second kappa shape index (κ2) is 4.84. The number of halogens is 1. The van der Waals surface area contributed by atoms with E-state index >= 15 is 0 Å². The standard InChI is InChI=1S/C13H18FNO2/c1-8(13(2,3)12(15)17)11-5-4-10(14)6-9(11)7-16/h4-6,8,16H,7H2,1-3H3,(H2,15,17). The zero-order chi connectivity index (χ0) is 13.2. The summed E-state index contributed by atoms with van der Waals surface area (Å²) in [5.41, 5.74) is 5.85. The van der Waals surface area contributed by atoms with Crippen LogP contribution in [-0.2, 0) is 11.4 Å². The van der Waals surface area contributed by atoms with Gasteiger partial charge in [-0.25, -0.2) is 4.39 Å². The van der Waals surface area contributed by atoms with E-state index in [1.807, 2.05) is 6.92 Å². The van der Waals surface area contributed by atoms with Crippen LogP contribution in [0.4, 0.5) is 4.39 Å². The van der Waals surface area contributed by atoms with Crippen LogP contribution >= 0.6 is 0 Å². The lowest BCUT2D eigenvalue weighted by atomic mass is 9.74. The third kappa shape index (κ3) is 2.64. The smallest absolute Gasteiger partial charge is 0.223 e. The molecule has 3 nitrogen and oxygen atoms in total. The van der Waals surface area contributed by atoms with Crippen molar-refractivity contribution >= 4 is 5.91 Å². The Balaban J connectivity index is 3.20. The van der Waals surface area contributed by atoms with Crippen molar-refractivity contribution in [1.82, 2.24) is 0 Å². The summed E-state index contributed by atoms with van der Waals surface area (Å²) in [7, 11) is 0. The molecule has 1 unspecified atom stereocenters. The number of amides is 1. The lowest BCUT2D eigenvalue weighted by molar-refractivity contribution is -0.126. The number of aliphatic hydroxyl groups is 1. The van der Waals surface area contributed by atoms with Crippen molar-refractivity contribution in [2.75, 3.05) is 0 Å². The van der Waals surface area contributed by atoms with Crippen molar-refractivity contribution in [3.8, 4) is 0 Å². The van der Waals surface area contributed by atoms with Crippen LogP contribution in [0.5, 0.6) is 0 Å². The molecule has 0 saturated carbocycles. The molecule has 0 bridgehead atoms. The molecule has 17 heavy (non-hydrogen) atoms. The zero-order valence-electron chi connectivity index (χ0n) is 10.3. The number of hydrogen-bond donors (Lipinski definition) is 2. The van der Waals surface area contributed by atoms with E-state index in [4.69, 9.17) is 5.73 Å². The van der Waals surface area contributed by atoms with Crippen LogP contribution in [0.3, 0.4) is 0 Å². The van der Waals surface area contributed by atoms with E-state index in [2.05, 4.69) is 0 Å². The van der Waals surface area contributed by atoms with Crippen LogP contribution in [0.2, 0.25) is 0 Å². The van der Waals surface area contributed by atoms with Gasteiger partial charge in [0.1, 0.15) is 5.82 Å². The number of benzene rings is 1. The second-order valence-electron chi connectivity index (χ2n) is 4.81. The molecule has 0 fully saturated rings. The molecule has 1 amide bonds. The number of carbonyl (C=O) groups is 1. The Labute approximate surface area is 100 Å². The third-order valence-electron chi connectivity index (χ3n) is 3.46. The molecule has 1 atom stereocenters. The van der Waals surface area contributed by atoms with Gasteiger partial charge in [-0.15, -0.1) is 0 Å². The van der Waals surface area contributed by atoms with Crippen molar-refractivity contribution in [1.29, 1.82) is 0 Å². The molecule has 0 aromatic heterocycles. The highest BCUT2D eigenvalue weighted by atomic mass is 19.1. The Morgan fingerprint density at radius 1 is 1.53 bits per heavy atom. The summed E-state index contributed by atoms with van der Waals surface area (Å²) in [5, 5.41) is 9.21. The van der Waals surface area contributed by atoms with Crippen LogP contribution in [0.25, 0.3) is 0 Å². The van der Waals surface area contributed by atoms with Gasteiger partial charge in [-0.05, 0) is 29.2 Å². The van der Waals surface area contributed by atoms with Gasteiger partial charge in [0.2, 0.25) is 5.91 Å². The molecule has 0 aliphatic carbocycles. The van der Waals surface area contributed by atoms with Gasteiger partial charge < -0.3 is 10.8 Å². The number of primary amides is 1. The first-order valence-corrected chi connectivity index (χ1v) is 5.49. The normalized spacial score (nSPS) is 13.5. The molecule has 0 heterocycles. The van der Waals surface area contributed by atoms with Gasteiger partial charge in [0, 0.05) is 5.41 Å². The van der Waals surface area contributed by atoms with Crippen molar-refractivity contribution in [3.63, 3.8) is 0 Å². The Hall–Kier alpha value is -1.42. The fourth-order valence-corrected chi connectivity index (χ4v) is 1.74. The summed E-state index contributed by atoms with van der Waals surface area (Å²) in [6, 6.07) is 4.20. The maximum absolute atomic E-state index is 13.0. The largest absolute Gasteiger partial charge is 0.392 e. The fraction of sp³-hybridized carbons (Fsp3) is 0.462. The second-order valence-corrected chi connectivity index (χ2v) is 4.81. The van der Waals surface area contributed by atoms with Crippen LogP contribution in [0, 0.1) is 11.2 Å². The van der Waals surface area contributed by atoms with Crippen molar-refractivity contribution in [2.45, 2.75) is 33.3 Å². The van der Waals surface area contributed by atoms with Crippen molar-refractivity contribution in [2.24, 2.45) is 11.1 Å². The van der Waals surface area contributed by atoms with Crippen LogP contribution in [0.1, 0.15) is 37.8 Å². The third-order valence-corrected chi connectivity index (χ3v) is 3.46. The van der Waals surface area contributed by atoms with E-state index < -0.39 is 17.1 Å². The predicted octanol–water partition coefficient (Wildman–Crippen LogP) is 1.93. The number of nitrogens with two attached hydrogens (primary N) is 1. The quantitative estimate of drug-likeness (QED) is 0.843. The summed E-state index contributed by atoms with van der Waals surface area (Å²) in [6.45, 7) is 5.07. The fourth-order valence-electron chi connectivity index (χ4n) is 1.74. The van der Waals surface area contributed by atoms with Gasteiger partial charge in [0.25, 0.3) is 0 Å². The zero-order valence-corrected chi connectivity index (χ0v) is 10.3. The Morgan fingerprint density at radius 3 is 2.59 bits per heavy atom. The minimum atomic E-state index is -0.748. The molecule has 0 saturated heterocycles. The first-order valence-electron chi connectivity index (χ1n) is 5.49. The summed E-state index contributed by atoms with van der Waals surface area (Å²) in [6.07, 6.45) is 0. The van der Waals surface area contributed by atoms with Gasteiger partial charge in [-0.3, -0.25) is 4.79 Å². The van der Waals surface area contributed by atoms with Gasteiger partial charge in [0.05, 0.1) is 6.61 Å². The van der Waals surface area contributed by atoms with E-state index in [9.17, 15) is 14.3 Å². The summed E-state index contributed by atoms with van der Waals surface area (Å²) >= 11 is 0. The Kier molecular flexibility index (Phi) is 3.88. The first-order chi connectivity index (χ1) is 7.80. The van der Waals surface area contributed by atoms with Crippen LogP contribution in [0.15, 0.2) is 18.2 Å². The molecule has 1 aromatic rings. The highest BCUT2D eigenvalue weighted by Gasteiger charge is 2.33. The number of hydrogen-bond acceptors (Lipinski definition) is 2. The van der Waals surface area contributed by atoms with E-state index in [0.717, 1.165) is 5.56 Å². The molecule has 1 aromatic carbocycles. The van der Waals surface area contributed by atoms with E-state index in [-0.39, 0.29) is 12.5 Å². The number of aliphatic hydroxyl groups excluding tert-OH is 1. The molecule has 0 radical (unpaired) electrons. The van der Waals surface area contributed by atoms with Crippen molar-refractivity contribution in [3.05, 3.63) is 35.1 Å². The van der Waals surface area contributed by atoms with Gasteiger partial charge in [0.15, 0.2) is 0 Å². The minimum Gasteiger partial charge on any atom is -0.392 e.